The summed E-state index contributed by atoms with van der Waals surface area (Å²) in [5.41, 5.74) is 4.15. The number of carbonyl (C=O) groups excluding carboxylic acids is 3. The van der Waals surface area contributed by atoms with E-state index in [4.69, 9.17) is 4.74 Å². The fourth-order valence-electron chi connectivity index (χ4n) is 4.65. The lowest BCUT2D eigenvalue weighted by molar-refractivity contribution is 0.0338. The molecule has 0 saturated carbocycles. The van der Waals surface area contributed by atoms with Crippen LogP contribution >= 0.6 is 0 Å². The summed E-state index contributed by atoms with van der Waals surface area (Å²) >= 11 is 0. The van der Waals surface area contributed by atoms with Gasteiger partial charge in [-0.15, -0.1) is 0 Å². The zero-order chi connectivity index (χ0) is 28.5. The van der Waals surface area contributed by atoms with E-state index in [-0.39, 0.29) is 11.8 Å². The highest BCUT2D eigenvalue weighted by Crippen LogP contribution is 2.32. The third-order valence-corrected chi connectivity index (χ3v) is 7.02. The van der Waals surface area contributed by atoms with Crippen molar-refractivity contribution in [3.8, 4) is 11.3 Å². The molecule has 1 N–H and O–H groups in total. The van der Waals surface area contributed by atoms with Gasteiger partial charge in [0.05, 0.1) is 24.6 Å². The summed E-state index contributed by atoms with van der Waals surface area (Å²) in [5, 5.41) is 3.00. The Morgan fingerprint density at radius 3 is 2.55 bits per heavy atom. The molecule has 3 aromatic rings. The Balaban J connectivity index is 1.53. The lowest BCUT2D eigenvalue weighted by atomic mass is 10.0. The third-order valence-electron chi connectivity index (χ3n) is 7.02. The predicted molar refractivity (Wildman–Crippen MR) is 157 cm³/mol. The molecular weight excluding hydrogens is 506 g/mol. The molecule has 0 bridgehead atoms. The highest BCUT2D eigenvalue weighted by atomic mass is 16.5. The van der Waals surface area contributed by atoms with Crippen LogP contribution in [0.4, 0.5) is 11.4 Å². The molecule has 1 aliphatic heterocycles. The average Bonchev–Trinajstić information content (AvgIpc) is 3.00. The standard InChI is InChI=1S/C31H37N5O4/c1-4-12-34(2)26-8-9-28(27(21-26)29-19-23(22-37)10-11-32-29)33-30(38)24-6-5-7-25(20-24)31(39)35(3)13-14-36-15-17-40-18-16-36/h5-11,19-22H,4,12-18H2,1-3H3,(H,33,38). The lowest BCUT2D eigenvalue weighted by Crippen LogP contribution is -2.41. The zero-order valence-electron chi connectivity index (χ0n) is 23.4. The molecule has 0 unspecified atom stereocenters. The van der Waals surface area contributed by atoms with Gasteiger partial charge in [-0.05, 0) is 55.0 Å². The van der Waals surface area contributed by atoms with E-state index in [2.05, 4.69) is 27.0 Å². The number of rotatable bonds is 11. The summed E-state index contributed by atoms with van der Waals surface area (Å²) in [6.45, 7) is 7.51. The molecule has 9 heteroatoms. The fraction of sp³-hybridized carbons (Fsp3) is 0.355. The van der Waals surface area contributed by atoms with Gasteiger partial charge >= 0.3 is 0 Å². The van der Waals surface area contributed by atoms with E-state index in [0.29, 0.717) is 53.4 Å². The molecule has 2 heterocycles. The Morgan fingerprint density at radius 1 is 1.02 bits per heavy atom. The summed E-state index contributed by atoms with van der Waals surface area (Å²) in [5.74, 6) is -0.477. The van der Waals surface area contributed by atoms with Crippen molar-refractivity contribution < 1.29 is 19.1 Å². The average molecular weight is 544 g/mol. The Labute approximate surface area is 235 Å². The third kappa shape index (κ3) is 7.31. The van der Waals surface area contributed by atoms with E-state index in [0.717, 1.165) is 44.6 Å². The molecule has 2 amide bonds. The first-order valence-corrected chi connectivity index (χ1v) is 13.6. The Hall–Kier alpha value is -4.08. The van der Waals surface area contributed by atoms with E-state index >= 15 is 0 Å². The number of aldehydes is 1. The maximum Gasteiger partial charge on any atom is 0.255 e. The highest BCUT2D eigenvalue weighted by molar-refractivity contribution is 6.08. The first kappa shape index (κ1) is 28.9. The summed E-state index contributed by atoms with van der Waals surface area (Å²) in [6, 6.07) is 15.9. The van der Waals surface area contributed by atoms with E-state index in [1.807, 2.05) is 25.2 Å². The first-order valence-electron chi connectivity index (χ1n) is 13.6. The first-order chi connectivity index (χ1) is 19.4. The van der Waals surface area contributed by atoms with E-state index in [9.17, 15) is 14.4 Å². The van der Waals surface area contributed by atoms with Gasteiger partial charge in [0.25, 0.3) is 11.8 Å². The molecule has 1 saturated heterocycles. The van der Waals surface area contributed by atoms with E-state index < -0.39 is 0 Å². The molecule has 1 aliphatic rings. The smallest absolute Gasteiger partial charge is 0.255 e. The molecule has 4 rings (SSSR count). The van der Waals surface area contributed by atoms with Gasteiger partial charge in [0, 0.05) is 81.0 Å². The fourth-order valence-corrected chi connectivity index (χ4v) is 4.65. The number of ether oxygens (including phenoxy) is 1. The summed E-state index contributed by atoms with van der Waals surface area (Å²) in [6.07, 6.45) is 3.34. The van der Waals surface area contributed by atoms with E-state index in [1.165, 1.54) is 0 Å². The van der Waals surface area contributed by atoms with E-state index in [1.54, 1.807) is 54.5 Å². The molecule has 1 fully saturated rings. The topological polar surface area (TPSA) is 95.1 Å². The second kappa shape index (κ2) is 13.8. The number of hydrogen-bond acceptors (Lipinski definition) is 7. The van der Waals surface area contributed by atoms with Crippen LogP contribution in [0, 0.1) is 0 Å². The molecule has 40 heavy (non-hydrogen) atoms. The SMILES string of the molecule is CCCN(C)c1ccc(NC(=O)c2cccc(C(=O)N(C)CCN3CCOCC3)c2)c(-c2cc(C=O)ccn2)c1. The highest BCUT2D eigenvalue weighted by Gasteiger charge is 2.18. The number of nitrogens with zero attached hydrogens (tertiary/aromatic N) is 4. The quantitative estimate of drug-likeness (QED) is 0.365. The number of hydrogen-bond donors (Lipinski definition) is 1. The van der Waals surface area contributed by atoms with Crippen molar-refractivity contribution >= 4 is 29.5 Å². The van der Waals surface area contributed by atoms with Gasteiger partial charge in [-0.3, -0.25) is 24.3 Å². The zero-order valence-corrected chi connectivity index (χ0v) is 23.4. The Kier molecular flexibility index (Phi) is 9.99. The molecule has 1 aromatic heterocycles. The van der Waals surface area contributed by atoms with Crippen LogP contribution in [0.15, 0.2) is 60.8 Å². The van der Waals surface area contributed by atoms with Gasteiger partial charge in [0.1, 0.15) is 6.29 Å². The molecule has 2 aromatic carbocycles. The lowest BCUT2D eigenvalue weighted by Gasteiger charge is -2.28. The monoisotopic (exact) mass is 543 g/mol. The van der Waals surface area contributed by atoms with Crippen molar-refractivity contribution in [2.75, 3.05) is 70.2 Å². The number of pyridine rings is 1. The van der Waals surface area contributed by atoms with Crippen molar-refractivity contribution in [2.24, 2.45) is 0 Å². The normalized spacial score (nSPS) is 13.5. The molecule has 9 nitrogen and oxygen atoms in total. The number of morpholine rings is 1. The molecular formula is C31H37N5O4. The van der Waals surface area contributed by atoms with Crippen molar-refractivity contribution in [3.63, 3.8) is 0 Å². The van der Waals surface area contributed by atoms with Crippen LogP contribution in [0.3, 0.4) is 0 Å². The van der Waals surface area contributed by atoms with Crippen molar-refractivity contribution in [1.82, 2.24) is 14.8 Å². The molecule has 210 valence electrons. The number of anilines is 2. The number of benzene rings is 2. The number of carbonyl (C=O) groups is 3. The summed E-state index contributed by atoms with van der Waals surface area (Å²) in [7, 11) is 3.79. The van der Waals surface area contributed by atoms with Gasteiger partial charge in [0.2, 0.25) is 0 Å². The van der Waals surface area contributed by atoms with Crippen LogP contribution in [0.1, 0.15) is 44.4 Å². The number of nitrogens with one attached hydrogen (secondary N) is 1. The van der Waals surface area contributed by atoms with Crippen molar-refractivity contribution in [1.29, 1.82) is 0 Å². The van der Waals surface area contributed by atoms with Crippen LogP contribution in [-0.4, -0.2) is 92.9 Å². The predicted octanol–water partition coefficient (Wildman–Crippen LogP) is 4.06. The van der Waals surface area contributed by atoms with Gasteiger partial charge < -0.3 is 19.9 Å². The molecule has 0 spiro atoms. The minimum Gasteiger partial charge on any atom is -0.379 e. The van der Waals surface area contributed by atoms with Crippen LogP contribution in [0.2, 0.25) is 0 Å². The summed E-state index contributed by atoms with van der Waals surface area (Å²) < 4.78 is 5.39. The van der Waals surface area contributed by atoms with Crippen molar-refractivity contribution in [3.05, 3.63) is 77.5 Å². The molecule has 0 radical (unpaired) electrons. The second-order valence-corrected chi connectivity index (χ2v) is 9.96. The van der Waals surface area contributed by atoms with Crippen molar-refractivity contribution in [2.45, 2.75) is 13.3 Å². The Bertz CT molecular complexity index is 1340. The number of likely N-dealkylation sites (N-methyl/N-ethyl adjacent to an activating group) is 1. The second-order valence-electron chi connectivity index (χ2n) is 9.96. The van der Waals surface area contributed by atoms with Gasteiger partial charge in [0.15, 0.2) is 0 Å². The van der Waals surface area contributed by atoms with Gasteiger partial charge in [-0.25, -0.2) is 0 Å². The minimum absolute atomic E-state index is 0.137. The molecule has 0 atom stereocenters. The maximum atomic E-state index is 13.4. The number of aromatic nitrogens is 1. The van der Waals surface area contributed by atoms with Crippen LogP contribution in [0.25, 0.3) is 11.3 Å². The summed E-state index contributed by atoms with van der Waals surface area (Å²) in [4.78, 5) is 48.5. The minimum atomic E-state index is -0.340. The van der Waals surface area contributed by atoms with Gasteiger partial charge in [-0.2, -0.15) is 0 Å². The van der Waals surface area contributed by atoms with Crippen LogP contribution < -0.4 is 10.2 Å². The van der Waals surface area contributed by atoms with Gasteiger partial charge in [-0.1, -0.05) is 13.0 Å². The Morgan fingerprint density at radius 2 is 1.80 bits per heavy atom. The maximum absolute atomic E-state index is 13.4. The molecule has 0 aliphatic carbocycles. The largest absolute Gasteiger partial charge is 0.379 e. The number of amides is 2. The van der Waals surface area contributed by atoms with Crippen LogP contribution in [0.5, 0.6) is 0 Å². The van der Waals surface area contributed by atoms with Crippen LogP contribution in [-0.2, 0) is 4.74 Å².